The van der Waals surface area contributed by atoms with Crippen LogP contribution in [0, 0.1) is 20.8 Å². The monoisotopic (exact) mass is 306 g/mol. The Morgan fingerprint density at radius 1 is 0.957 bits per heavy atom. The number of esters is 1. The van der Waals surface area contributed by atoms with Crippen molar-refractivity contribution in [3.63, 3.8) is 0 Å². The molecule has 0 bridgehead atoms. The molecule has 0 atom stereocenters. The van der Waals surface area contributed by atoms with E-state index in [1.807, 2.05) is 45.0 Å². The minimum Gasteiger partial charge on any atom is -0.457 e. The van der Waals surface area contributed by atoms with Gasteiger partial charge in [-0.25, -0.2) is 14.8 Å². The van der Waals surface area contributed by atoms with E-state index >= 15 is 0 Å². The first-order valence-corrected chi connectivity index (χ1v) is 7.50. The van der Waals surface area contributed by atoms with Crippen molar-refractivity contribution in [1.29, 1.82) is 0 Å². The minimum absolute atomic E-state index is 0.261. The lowest BCUT2D eigenvalue weighted by atomic mass is 10.1. The van der Waals surface area contributed by atoms with Crippen molar-refractivity contribution < 1.29 is 9.53 Å². The predicted octanol–water partition coefficient (Wildman–Crippen LogP) is 3.91. The van der Waals surface area contributed by atoms with E-state index in [0.717, 1.165) is 28.0 Å². The number of carbonyl (C=O) groups excluding carboxylic acids is 1. The van der Waals surface area contributed by atoms with Crippen LogP contribution in [0.15, 0.2) is 42.5 Å². The molecule has 0 spiro atoms. The number of hydrogen-bond donors (Lipinski definition) is 0. The van der Waals surface area contributed by atoms with Crippen LogP contribution in [0.3, 0.4) is 0 Å². The third kappa shape index (κ3) is 3.37. The second kappa shape index (κ2) is 6.16. The van der Waals surface area contributed by atoms with Gasteiger partial charge in [0.05, 0.1) is 28.0 Å². The fourth-order valence-electron chi connectivity index (χ4n) is 2.39. The second-order valence-corrected chi connectivity index (χ2v) is 5.66. The number of fused-ring (bicyclic) bond motifs is 1. The Balaban J connectivity index is 1.79. The Hall–Kier alpha value is -2.75. The van der Waals surface area contributed by atoms with Gasteiger partial charge in [0.25, 0.3) is 0 Å². The van der Waals surface area contributed by atoms with Crippen molar-refractivity contribution in [2.24, 2.45) is 0 Å². The Bertz CT molecular complexity index is 888. The lowest BCUT2D eigenvalue weighted by molar-refractivity contribution is 0.0473. The zero-order valence-electron chi connectivity index (χ0n) is 13.5. The zero-order valence-corrected chi connectivity index (χ0v) is 13.5. The first-order valence-electron chi connectivity index (χ1n) is 7.50. The molecule has 0 saturated carbocycles. The molecule has 0 fully saturated rings. The molecule has 0 unspecified atom stereocenters. The van der Waals surface area contributed by atoms with Gasteiger partial charge in [0.15, 0.2) is 0 Å². The SMILES string of the molecule is Cc1cccc(COC(=O)c2ccc3nc(C)c(C)nc3c2)c1. The van der Waals surface area contributed by atoms with Gasteiger partial charge in [0, 0.05) is 0 Å². The molecule has 0 aliphatic heterocycles. The Morgan fingerprint density at radius 2 is 1.70 bits per heavy atom. The van der Waals surface area contributed by atoms with Gasteiger partial charge in [-0.3, -0.25) is 0 Å². The molecule has 4 nitrogen and oxygen atoms in total. The number of hydrogen-bond acceptors (Lipinski definition) is 4. The number of benzene rings is 2. The van der Waals surface area contributed by atoms with E-state index < -0.39 is 0 Å². The molecule has 116 valence electrons. The molecule has 0 aliphatic carbocycles. The summed E-state index contributed by atoms with van der Waals surface area (Å²) >= 11 is 0. The molecule has 0 saturated heterocycles. The molecule has 3 aromatic rings. The minimum atomic E-state index is -0.353. The van der Waals surface area contributed by atoms with E-state index in [-0.39, 0.29) is 12.6 Å². The summed E-state index contributed by atoms with van der Waals surface area (Å²) in [6.45, 7) is 6.10. The van der Waals surface area contributed by atoms with E-state index in [1.165, 1.54) is 0 Å². The van der Waals surface area contributed by atoms with Crippen LogP contribution in [0.1, 0.15) is 32.9 Å². The highest BCUT2D eigenvalue weighted by atomic mass is 16.5. The molecular weight excluding hydrogens is 288 g/mol. The lowest BCUT2D eigenvalue weighted by Gasteiger charge is -2.07. The van der Waals surface area contributed by atoms with Crippen LogP contribution >= 0.6 is 0 Å². The largest absolute Gasteiger partial charge is 0.457 e. The van der Waals surface area contributed by atoms with Gasteiger partial charge >= 0.3 is 5.97 Å². The van der Waals surface area contributed by atoms with Crippen LogP contribution < -0.4 is 0 Å². The highest BCUT2D eigenvalue weighted by Crippen LogP contribution is 2.16. The Labute approximate surface area is 135 Å². The van der Waals surface area contributed by atoms with Crippen LogP contribution in [0.25, 0.3) is 11.0 Å². The van der Waals surface area contributed by atoms with Gasteiger partial charge in [-0.15, -0.1) is 0 Å². The molecule has 0 amide bonds. The summed E-state index contributed by atoms with van der Waals surface area (Å²) < 4.78 is 5.38. The standard InChI is InChI=1S/C19H18N2O2/c1-12-5-4-6-15(9-12)11-23-19(22)16-7-8-17-18(10-16)21-14(3)13(2)20-17/h4-10H,11H2,1-3H3. The predicted molar refractivity (Wildman–Crippen MR) is 89.3 cm³/mol. The molecule has 3 rings (SSSR count). The van der Waals surface area contributed by atoms with E-state index in [9.17, 15) is 4.79 Å². The first kappa shape index (κ1) is 15.2. The normalized spacial score (nSPS) is 10.7. The van der Waals surface area contributed by atoms with Gasteiger partial charge in [-0.1, -0.05) is 29.8 Å². The number of aryl methyl sites for hydroxylation is 3. The van der Waals surface area contributed by atoms with Crippen LogP contribution in [0.2, 0.25) is 0 Å². The van der Waals surface area contributed by atoms with Crippen molar-refractivity contribution in [2.75, 3.05) is 0 Å². The maximum atomic E-state index is 12.2. The van der Waals surface area contributed by atoms with Gasteiger partial charge in [0.1, 0.15) is 6.61 Å². The fraction of sp³-hybridized carbons (Fsp3) is 0.211. The third-order valence-electron chi connectivity index (χ3n) is 3.76. The van der Waals surface area contributed by atoms with Crippen molar-refractivity contribution in [3.8, 4) is 0 Å². The second-order valence-electron chi connectivity index (χ2n) is 5.66. The molecule has 0 radical (unpaired) electrons. The van der Waals surface area contributed by atoms with Crippen LogP contribution in [0.5, 0.6) is 0 Å². The maximum Gasteiger partial charge on any atom is 0.338 e. The summed E-state index contributed by atoms with van der Waals surface area (Å²) in [6, 6.07) is 13.2. The number of nitrogens with zero attached hydrogens (tertiary/aromatic N) is 2. The van der Waals surface area contributed by atoms with Crippen molar-refractivity contribution in [1.82, 2.24) is 9.97 Å². The molecule has 0 N–H and O–H groups in total. The molecule has 2 aromatic carbocycles. The van der Waals surface area contributed by atoms with Crippen molar-refractivity contribution >= 4 is 17.0 Å². The summed E-state index contributed by atoms with van der Waals surface area (Å²) in [4.78, 5) is 21.2. The fourth-order valence-corrected chi connectivity index (χ4v) is 2.39. The summed E-state index contributed by atoms with van der Waals surface area (Å²) in [7, 11) is 0. The Kier molecular flexibility index (Phi) is 4.06. The number of carbonyl (C=O) groups is 1. The molecule has 1 heterocycles. The first-order chi connectivity index (χ1) is 11.0. The van der Waals surface area contributed by atoms with Crippen LogP contribution in [-0.2, 0) is 11.3 Å². The van der Waals surface area contributed by atoms with E-state index in [2.05, 4.69) is 9.97 Å². The smallest absolute Gasteiger partial charge is 0.338 e. The number of ether oxygens (including phenoxy) is 1. The van der Waals surface area contributed by atoms with Gasteiger partial charge in [-0.05, 0) is 44.5 Å². The topological polar surface area (TPSA) is 52.1 Å². The quantitative estimate of drug-likeness (QED) is 0.688. The summed E-state index contributed by atoms with van der Waals surface area (Å²) in [6.07, 6.45) is 0. The lowest BCUT2D eigenvalue weighted by Crippen LogP contribution is -2.06. The van der Waals surface area contributed by atoms with Crippen molar-refractivity contribution in [2.45, 2.75) is 27.4 Å². The zero-order chi connectivity index (χ0) is 16.4. The highest BCUT2D eigenvalue weighted by Gasteiger charge is 2.10. The summed E-state index contributed by atoms with van der Waals surface area (Å²) in [5.41, 5.74) is 5.86. The van der Waals surface area contributed by atoms with Gasteiger partial charge in [-0.2, -0.15) is 0 Å². The maximum absolute atomic E-state index is 12.2. The highest BCUT2D eigenvalue weighted by molar-refractivity contribution is 5.93. The third-order valence-corrected chi connectivity index (χ3v) is 3.76. The molecule has 0 aliphatic rings. The molecular formula is C19H18N2O2. The molecule has 4 heteroatoms. The number of rotatable bonds is 3. The van der Waals surface area contributed by atoms with Gasteiger partial charge in [0.2, 0.25) is 0 Å². The van der Waals surface area contributed by atoms with Gasteiger partial charge < -0.3 is 4.74 Å². The summed E-state index contributed by atoms with van der Waals surface area (Å²) in [5, 5.41) is 0. The Morgan fingerprint density at radius 3 is 2.43 bits per heavy atom. The number of aromatic nitrogens is 2. The van der Waals surface area contributed by atoms with Crippen LogP contribution in [-0.4, -0.2) is 15.9 Å². The molecule has 23 heavy (non-hydrogen) atoms. The summed E-state index contributed by atoms with van der Waals surface area (Å²) in [5.74, 6) is -0.353. The van der Waals surface area contributed by atoms with Crippen molar-refractivity contribution in [3.05, 3.63) is 70.5 Å². The van der Waals surface area contributed by atoms with Crippen LogP contribution in [0.4, 0.5) is 0 Å². The van der Waals surface area contributed by atoms with E-state index in [0.29, 0.717) is 11.1 Å². The average molecular weight is 306 g/mol. The van der Waals surface area contributed by atoms with E-state index in [1.54, 1.807) is 18.2 Å². The average Bonchev–Trinajstić information content (AvgIpc) is 2.53. The molecule has 1 aromatic heterocycles. The van der Waals surface area contributed by atoms with E-state index in [4.69, 9.17) is 4.74 Å².